The van der Waals surface area contributed by atoms with Crippen LogP contribution < -0.4 is 60.1 Å². The number of aromatic nitrogens is 16. The molecule has 44 heteroatoms. The third-order valence-corrected chi connectivity index (χ3v) is 29.5. The first-order valence-corrected chi connectivity index (χ1v) is 54.3. The van der Waals surface area contributed by atoms with Crippen molar-refractivity contribution in [3.63, 3.8) is 0 Å². The number of hydrogen-bond donors (Lipinski definition) is 8. The van der Waals surface area contributed by atoms with E-state index in [1.54, 1.807) is 63.7 Å². The Hall–Kier alpha value is -11.0. The summed E-state index contributed by atoms with van der Waals surface area (Å²) >= 11 is 0. The fraction of sp³-hybridized carbons (Fsp3) is 0.560. The van der Waals surface area contributed by atoms with E-state index in [-0.39, 0.29) is 159 Å². The maximum Gasteiger partial charge on any atom is 0.277 e. The minimum Gasteiger partial charge on any atom is -0.493 e. The molecule has 784 valence electrons. The first kappa shape index (κ1) is 86.1. The van der Waals surface area contributed by atoms with Crippen LogP contribution in [0.1, 0.15) is 232 Å². The van der Waals surface area contributed by atoms with Crippen LogP contribution in [0.25, 0.3) is 89.7 Å². The van der Waals surface area contributed by atoms with Gasteiger partial charge in [-0.25, -0.2) is 72.5 Å². The van der Waals surface area contributed by atoms with E-state index < -0.39 is 162 Å². The van der Waals surface area contributed by atoms with Crippen molar-refractivity contribution in [1.29, 1.82) is 0 Å². The Bertz CT molecular complexity index is 8230. The summed E-state index contributed by atoms with van der Waals surface area (Å²) in [7, 11) is -4.58. The third-order valence-electron chi connectivity index (χ3n) is 24.3. The van der Waals surface area contributed by atoms with Gasteiger partial charge in [0, 0.05) is 104 Å². The van der Waals surface area contributed by atoms with Gasteiger partial charge in [0.2, 0.25) is 40.1 Å². The van der Waals surface area contributed by atoms with E-state index in [0.29, 0.717) is 127 Å². The van der Waals surface area contributed by atoms with E-state index in [1.165, 1.54) is 107 Å². The molecule has 40 nitrogen and oxygen atoms in total. The summed E-state index contributed by atoms with van der Waals surface area (Å²) in [6.45, 7) is 10.3. The molecule has 16 rings (SSSR count). The third kappa shape index (κ3) is 26.5. The lowest BCUT2D eigenvalue weighted by Gasteiger charge is -2.19. The first-order chi connectivity index (χ1) is 76.0. The van der Waals surface area contributed by atoms with Crippen LogP contribution >= 0.6 is 0 Å². The molecule has 0 spiro atoms. The van der Waals surface area contributed by atoms with Crippen molar-refractivity contribution in [2.24, 2.45) is 28.2 Å². The van der Waals surface area contributed by atoms with Gasteiger partial charge in [-0.2, -0.15) is 20.4 Å². The highest BCUT2D eigenvalue weighted by molar-refractivity contribution is 7.90. The number of aromatic amines is 4. The van der Waals surface area contributed by atoms with E-state index in [1.807, 2.05) is 56.0 Å². The zero-order chi connectivity index (χ0) is 120. The number of aryl methyl sites for hydroxylation is 8. The predicted octanol–water partition coefficient (Wildman–Crippen LogP) is 11.3. The second kappa shape index (κ2) is 49.9. The highest BCUT2D eigenvalue weighted by Gasteiger charge is 2.32. The number of nitrogens with zero attached hydrogens (tertiary/aromatic N) is 16. The molecule has 12 heterocycles. The Labute approximate surface area is 869 Å². The van der Waals surface area contributed by atoms with Gasteiger partial charge in [0.25, 0.3) is 22.2 Å². The Morgan fingerprint density at radius 2 is 0.604 bits per heavy atom. The monoisotopic (exact) mass is 2080 g/mol. The van der Waals surface area contributed by atoms with Crippen LogP contribution in [0.2, 0.25) is 0 Å². The maximum atomic E-state index is 13.5. The lowest BCUT2D eigenvalue weighted by atomic mass is 10.1. The minimum atomic E-state index is -4.64. The minimum absolute atomic E-state index is 0.00437. The molecule has 0 amide bonds. The molecule has 8 N–H and O–H groups in total. The fourth-order valence-electron chi connectivity index (χ4n) is 16.9. The number of ether oxygens (including phenoxy) is 4. The van der Waals surface area contributed by atoms with E-state index in [4.69, 9.17) is 45.0 Å². The van der Waals surface area contributed by atoms with Crippen LogP contribution in [0.3, 0.4) is 0 Å². The first-order valence-electron chi connectivity index (χ1n) is 57.9. The average Bonchev–Trinajstić information content (AvgIpc) is 1.65. The van der Waals surface area contributed by atoms with Crippen molar-refractivity contribution in [3.05, 3.63) is 137 Å². The highest BCUT2D eigenvalue weighted by Crippen LogP contribution is 2.38. The van der Waals surface area contributed by atoms with E-state index >= 15 is 0 Å². The average molecular weight is 2090 g/mol. The lowest BCUT2D eigenvalue weighted by Crippen LogP contribution is -2.31. The van der Waals surface area contributed by atoms with Crippen molar-refractivity contribution in [3.8, 4) is 68.5 Å². The zero-order valence-corrected chi connectivity index (χ0v) is 87.3. The number of hydrogen-bond acceptors (Lipinski definition) is 28. The van der Waals surface area contributed by atoms with Gasteiger partial charge < -0.3 is 58.5 Å². The van der Waals surface area contributed by atoms with Gasteiger partial charge in [0.05, 0.1) is 91.0 Å². The summed E-state index contributed by atoms with van der Waals surface area (Å²) in [4.78, 5) is 87.1. The van der Waals surface area contributed by atoms with Crippen molar-refractivity contribution < 1.29 is 78.7 Å². The molecule has 0 saturated carbocycles. The largest absolute Gasteiger partial charge is 0.493 e. The number of nitrogens with one attached hydrogen (secondary N) is 8. The van der Waals surface area contributed by atoms with Crippen LogP contribution in [0, 0.1) is 0 Å². The number of likely N-dealkylation sites (tertiary alicyclic amines) is 4. The number of fused-ring (bicyclic) bond motifs is 4. The molecule has 8 aromatic heterocycles. The normalized spacial score (nSPS) is 19.8. The Morgan fingerprint density at radius 3 is 0.875 bits per heavy atom. The molecule has 4 aliphatic heterocycles. The lowest BCUT2D eigenvalue weighted by molar-refractivity contribution is 0.297. The molecule has 144 heavy (non-hydrogen) atoms. The van der Waals surface area contributed by atoms with Gasteiger partial charge in [-0.1, -0.05) is 81.1 Å². The van der Waals surface area contributed by atoms with Crippen LogP contribution in [0.4, 0.5) is 0 Å². The van der Waals surface area contributed by atoms with E-state index in [2.05, 4.69) is 69.7 Å². The van der Waals surface area contributed by atoms with Gasteiger partial charge in [-0.15, -0.1) is 0 Å². The summed E-state index contributed by atoms with van der Waals surface area (Å²) in [6, 6.07) is 13.1. The topological polar surface area (TPSA) is 489 Å². The predicted molar refractivity (Wildman–Crippen MR) is 559 cm³/mol. The number of H-pyrrole nitrogens is 4. The summed E-state index contributed by atoms with van der Waals surface area (Å²) in [5.41, 5.74) is 0.00878. The fourth-order valence-corrected chi connectivity index (χ4v) is 20.4. The van der Waals surface area contributed by atoms with Gasteiger partial charge >= 0.3 is 0 Å². The van der Waals surface area contributed by atoms with Crippen molar-refractivity contribution in [2.45, 2.75) is 253 Å². The molecule has 5 unspecified atom stereocenters. The number of benzene rings is 4. The van der Waals surface area contributed by atoms with Crippen LogP contribution in [-0.4, -0.2) is 263 Å². The summed E-state index contributed by atoms with van der Waals surface area (Å²) in [5, 5.41) is 17.1. The second-order valence-corrected chi connectivity index (χ2v) is 41.9. The molecule has 0 bridgehead atoms. The van der Waals surface area contributed by atoms with Crippen molar-refractivity contribution in [2.75, 3.05) is 107 Å². The molecule has 5 atom stereocenters. The summed E-state index contributed by atoms with van der Waals surface area (Å²) in [6.07, 6.45) is -5.40. The van der Waals surface area contributed by atoms with Gasteiger partial charge in [-0.05, 0) is 255 Å². The zero-order valence-electron chi connectivity index (χ0n) is 103. The molecule has 4 aliphatic rings. The summed E-state index contributed by atoms with van der Waals surface area (Å²) in [5.74, 6) is 0.947. The van der Waals surface area contributed by atoms with E-state index in [0.717, 1.165) is 31.9 Å². The Morgan fingerprint density at radius 1 is 0.340 bits per heavy atom. The molecule has 4 fully saturated rings. The second-order valence-electron chi connectivity index (χ2n) is 35.1. The SMILES string of the molecule is [2H]C(NS(=O)(=O)c1ccc(OCCC)c(-c2nc3c(C([2H])([2H])CC)nn(C)c3c(=O)[nH]2)c1)C([2H])([2H])C1CCCN1C.[2H]C([2H])(CC)c1nn(C)c2c(=O)[nH]c(-c3cc(S(=O)(=O)NC([2H])([2H])C([2H])([2H])C4CCCN4C)ccc3OCCC)nc12.[2H]C([2H])(CC)c1nn(C)c2c(=O)[nH]c(-c3cc(S(=O)(=O)NCC([2H])([2H])C4CCCN4C)ccc3OCCC)nc12.[2H]C([2H])(NS(=O)(=O)c1ccc(OCCC)c(-c2nc3c(CCC)nn(C)c3c(=O)[nH]2)c1)C([2H])([2H])C1CCCN1C. The standard InChI is InChI=1S/4C25H36N6O4S/c4*1-5-8-20-22-23(31(4)29-20)25(32)28-24(27-22)19-16-18(10-11-21(19)35-15-6-2)36(33,34)26-13-12-17-9-7-14-30(17)3/h4*10-11,16-17,26H,5-9,12-15H2,1-4H3,(H,27,28,32)/i8D2,12D2,13D2;8D2,12D2,13D;12D2,13D2;8D2,12D2. The molecule has 4 aromatic carbocycles. The highest BCUT2D eigenvalue weighted by atomic mass is 32.2. The van der Waals surface area contributed by atoms with Crippen LogP contribution in [0.5, 0.6) is 23.0 Å². The van der Waals surface area contributed by atoms with Gasteiger partial charge in [0.15, 0.2) is 22.1 Å². The Kier molecular flexibility index (Phi) is 29.8. The van der Waals surface area contributed by atoms with Gasteiger partial charge in [0.1, 0.15) is 68.4 Å². The maximum absolute atomic E-state index is 13.5. The molecular weight excluding hydrogens is 1920 g/mol. The molecular formula is C100H144N24O16S4. The van der Waals surface area contributed by atoms with Crippen LogP contribution in [0.15, 0.2) is 112 Å². The smallest absolute Gasteiger partial charge is 0.277 e. The number of rotatable bonds is 44. The van der Waals surface area contributed by atoms with E-state index in [9.17, 15) is 52.8 Å². The Balaban J connectivity index is 0.000000179. The molecule has 4 saturated heterocycles. The number of sulfonamides is 4. The van der Waals surface area contributed by atoms with Crippen molar-refractivity contribution >= 4 is 84.2 Å². The molecule has 0 aliphatic carbocycles. The quantitative estimate of drug-likeness (QED) is 0.0176. The van der Waals surface area contributed by atoms with Crippen LogP contribution in [-0.2, 0) is 93.8 Å². The molecule has 12 aromatic rings. The molecule has 0 radical (unpaired) electrons. The van der Waals surface area contributed by atoms with Crippen molar-refractivity contribution in [1.82, 2.24) is 117 Å². The summed E-state index contributed by atoms with van der Waals surface area (Å²) < 4.78 is 304. The van der Waals surface area contributed by atoms with Gasteiger partial charge in [-0.3, -0.25) is 37.9 Å².